The molecule has 2 aromatic rings. The molecule has 6 nitrogen and oxygen atoms in total. The van der Waals surface area contributed by atoms with Gasteiger partial charge in [0.05, 0.1) is 5.52 Å². The first kappa shape index (κ1) is 8.74. The first-order chi connectivity index (χ1) is 6.59. The van der Waals surface area contributed by atoms with Crippen LogP contribution in [-0.2, 0) is 0 Å². The van der Waals surface area contributed by atoms with Crippen molar-refractivity contribution in [1.82, 2.24) is 20.0 Å². The van der Waals surface area contributed by atoms with Crippen molar-refractivity contribution in [3.63, 3.8) is 0 Å². The second-order valence-electron chi connectivity index (χ2n) is 3.42. The number of nitrogens with one attached hydrogen (secondary N) is 1. The van der Waals surface area contributed by atoms with Gasteiger partial charge in [0.2, 0.25) is 0 Å². The highest BCUT2D eigenvalue weighted by atomic mass is 16.1. The Morgan fingerprint density at radius 2 is 2.29 bits per heavy atom. The van der Waals surface area contributed by atoms with Crippen molar-refractivity contribution in [2.45, 2.75) is 19.9 Å². The van der Waals surface area contributed by atoms with Crippen LogP contribution in [-0.4, -0.2) is 20.0 Å². The van der Waals surface area contributed by atoms with Crippen molar-refractivity contribution in [2.75, 3.05) is 5.73 Å². The Morgan fingerprint density at radius 1 is 1.57 bits per heavy atom. The van der Waals surface area contributed by atoms with Gasteiger partial charge in [-0.15, -0.1) is 5.10 Å². The zero-order valence-electron chi connectivity index (χ0n) is 7.98. The molecule has 0 bridgehead atoms. The van der Waals surface area contributed by atoms with E-state index in [1.807, 2.05) is 13.8 Å². The standard InChI is InChI=1S/C8H11N5O/c1-4(2)13-5-3-6(9)10-8(14)7(5)11-12-13/h3-4H,1-2H3,(H3,9,10,14). The van der Waals surface area contributed by atoms with E-state index in [-0.39, 0.29) is 11.6 Å². The van der Waals surface area contributed by atoms with E-state index in [1.165, 1.54) is 0 Å². The predicted molar refractivity (Wildman–Crippen MR) is 52.9 cm³/mol. The minimum Gasteiger partial charge on any atom is -0.385 e. The zero-order chi connectivity index (χ0) is 10.3. The number of aromatic nitrogens is 4. The third-order valence-corrected chi connectivity index (χ3v) is 1.98. The predicted octanol–water partition coefficient (Wildman–Crippen LogP) is 0.283. The highest BCUT2D eigenvalue weighted by Gasteiger charge is 2.10. The maximum atomic E-state index is 11.4. The van der Waals surface area contributed by atoms with Crippen LogP contribution in [0.4, 0.5) is 5.82 Å². The molecule has 0 unspecified atom stereocenters. The van der Waals surface area contributed by atoms with Crippen molar-refractivity contribution in [1.29, 1.82) is 0 Å². The maximum Gasteiger partial charge on any atom is 0.279 e. The number of hydrogen-bond donors (Lipinski definition) is 2. The number of aromatic amines is 1. The number of anilines is 1. The topological polar surface area (TPSA) is 89.6 Å². The Hall–Kier alpha value is -1.85. The summed E-state index contributed by atoms with van der Waals surface area (Å²) in [6, 6.07) is 1.82. The van der Waals surface area contributed by atoms with Crippen LogP contribution in [0, 0.1) is 0 Å². The number of H-pyrrole nitrogens is 1. The van der Waals surface area contributed by atoms with Crippen LogP contribution in [0.5, 0.6) is 0 Å². The van der Waals surface area contributed by atoms with Crippen LogP contribution in [0.1, 0.15) is 19.9 Å². The van der Waals surface area contributed by atoms with Crippen molar-refractivity contribution in [2.24, 2.45) is 0 Å². The molecular weight excluding hydrogens is 182 g/mol. The van der Waals surface area contributed by atoms with Crippen LogP contribution < -0.4 is 11.3 Å². The normalized spacial score (nSPS) is 11.4. The summed E-state index contributed by atoms with van der Waals surface area (Å²) < 4.78 is 1.67. The van der Waals surface area contributed by atoms with Crippen LogP contribution in [0.3, 0.4) is 0 Å². The highest BCUT2D eigenvalue weighted by molar-refractivity contribution is 5.75. The molecule has 0 saturated heterocycles. The number of nitrogens with two attached hydrogens (primary N) is 1. The van der Waals surface area contributed by atoms with E-state index >= 15 is 0 Å². The maximum absolute atomic E-state index is 11.4. The molecule has 0 saturated carbocycles. The fourth-order valence-electron chi connectivity index (χ4n) is 1.35. The van der Waals surface area contributed by atoms with Crippen molar-refractivity contribution in [3.05, 3.63) is 16.4 Å². The molecule has 0 fully saturated rings. The van der Waals surface area contributed by atoms with Gasteiger partial charge in [-0.25, -0.2) is 4.68 Å². The number of pyridine rings is 1. The van der Waals surface area contributed by atoms with Crippen LogP contribution in [0.25, 0.3) is 11.0 Å². The van der Waals surface area contributed by atoms with E-state index < -0.39 is 0 Å². The summed E-state index contributed by atoms with van der Waals surface area (Å²) >= 11 is 0. The smallest absolute Gasteiger partial charge is 0.279 e. The molecule has 14 heavy (non-hydrogen) atoms. The van der Waals surface area contributed by atoms with Crippen LogP contribution in [0.15, 0.2) is 10.9 Å². The number of rotatable bonds is 1. The molecule has 2 heterocycles. The Bertz CT molecular complexity index is 524. The molecule has 6 heteroatoms. The second-order valence-corrected chi connectivity index (χ2v) is 3.42. The highest BCUT2D eigenvalue weighted by Crippen LogP contribution is 2.13. The van der Waals surface area contributed by atoms with Gasteiger partial charge in [0.15, 0.2) is 5.52 Å². The zero-order valence-corrected chi connectivity index (χ0v) is 7.98. The Balaban J connectivity index is 2.85. The molecule has 0 aliphatic rings. The first-order valence-corrected chi connectivity index (χ1v) is 4.33. The van der Waals surface area contributed by atoms with Gasteiger partial charge >= 0.3 is 0 Å². The summed E-state index contributed by atoms with van der Waals surface area (Å²) in [4.78, 5) is 13.9. The summed E-state index contributed by atoms with van der Waals surface area (Å²) in [5, 5.41) is 7.68. The molecule has 3 N–H and O–H groups in total. The summed E-state index contributed by atoms with van der Waals surface area (Å²) in [5.74, 6) is 0.326. The van der Waals surface area contributed by atoms with Crippen molar-refractivity contribution in [3.8, 4) is 0 Å². The van der Waals surface area contributed by atoms with Gasteiger partial charge < -0.3 is 10.7 Å². The van der Waals surface area contributed by atoms with E-state index in [9.17, 15) is 4.79 Å². The van der Waals surface area contributed by atoms with E-state index in [0.717, 1.165) is 0 Å². The summed E-state index contributed by atoms with van der Waals surface area (Å²) in [5.41, 5.74) is 6.22. The lowest BCUT2D eigenvalue weighted by atomic mass is 10.3. The molecule has 0 aromatic carbocycles. The minimum atomic E-state index is -0.299. The molecule has 0 amide bonds. The quantitative estimate of drug-likeness (QED) is 0.680. The van der Waals surface area contributed by atoms with Crippen molar-refractivity contribution >= 4 is 16.9 Å². The SMILES string of the molecule is CC(C)n1nnc2c(=O)[nH]c(N)cc21. The van der Waals surface area contributed by atoms with Crippen molar-refractivity contribution < 1.29 is 0 Å². The number of hydrogen-bond acceptors (Lipinski definition) is 4. The molecule has 0 aliphatic carbocycles. The first-order valence-electron chi connectivity index (χ1n) is 4.33. The van der Waals surface area contributed by atoms with Gasteiger partial charge in [-0.05, 0) is 13.8 Å². The lowest BCUT2D eigenvalue weighted by molar-refractivity contribution is 0.530. The van der Waals surface area contributed by atoms with Gasteiger partial charge in [0.25, 0.3) is 5.56 Å². The monoisotopic (exact) mass is 193 g/mol. The molecule has 0 spiro atoms. The molecule has 0 atom stereocenters. The lowest BCUT2D eigenvalue weighted by Crippen LogP contribution is -2.10. The number of fused-ring (bicyclic) bond motifs is 1. The Labute approximate surface area is 79.7 Å². The molecule has 2 rings (SSSR count). The van der Waals surface area contributed by atoms with E-state index in [2.05, 4.69) is 15.3 Å². The van der Waals surface area contributed by atoms with E-state index in [0.29, 0.717) is 16.9 Å². The Morgan fingerprint density at radius 3 is 2.93 bits per heavy atom. The second kappa shape index (κ2) is 2.83. The molecule has 74 valence electrons. The third kappa shape index (κ3) is 1.15. The lowest BCUT2D eigenvalue weighted by Gasteiger charge is -2.04. The number of nitrogens with zero attached hydrogens (tertiary/aromatic N) is 3. The van der Waals surface area contributed by atoms with Gasteiger partial charge in [-0.2, -0.15) is 0 Å². The summed E-state index contributed by atoms with van der Waals surface area (Å²) in [6.45, 7) is 3.93. The van der Waals surface area contributed by atoms with Crippen LogP contribution in [0.2, 0.25) is 0 Å². The van der Waals surface area contributed by atoms with E-state index in [4.69, 9.17) is 5.73 Å². The van der Waals surface area contributed by atoms with Gasteiger partial charge in [0, 0.05) is 12.1 Å². The molecule has 0 radical (unpaired) electrons. The Kier molecular flexibility index (Phi) is 1.77. The largest absolute Gasteiger partial charge is 0.385 e. The third-order valence-electron chi connectivity index (χ3n) is 1.98. The average Bonchev–Trinajstić information content (AvgIpc) is 2.47. The number of nitrogen functional groups attached to an aromatic ring is 1. The fraction of sp³-hybridized carbons (Fsp3) is 0.375. The van der Waals surface area contributed by atoms with E-state index in [1.54, 1.807) is 10.7 Å². The molecular formula is C8H11N5O. The summed E-state index contributed by atoms with van der Waals surface area (Å²) in [7, 11) is 0. The van der Waals surface area contributed by atoms with Crippen LogP contribution >= 0.6 is 0 Å². The van der Waals surface area contributed by atoms with Gasteiger partial charge in [-0.1, -0.05) is 5.21 Å². The molecule has 2 aromatic heterocycles. The average molecular weight is 193 g/mol. The summed E-state index contributed by atoms with van der Waals surface area (Å²) in [6.07, 6.45) is 0. The minimum absolute atomic E-state index is 0.154. The fourth-order valence-corrected chi connectivity index (χ4v) is 1.35. The molecule has 0 aliphatic heterocycles. The van der Waals surface area contributed by atoms with Gasteiger partial charge in [-0.3, -0.25) is 4.79 Å². The van der Waals surface area contributed by atoms with Gasteiger partial charge in [0.1, 0.15) is 5.82 Å².